The summed E-state index contributed by atoms with van der Waals surface area (Å²) in [6.45, 7) is 5.12. The number of ether oxygens (including phenoxy) is 1. The molecule has 0 aliphatic carbocycles. The van der Waals surface area contributed by atoms with Gasteiger partial charge in [0.15, 0.2) is 11.5 Å². The van der Waals surface area contributed by atoms with E-state index in [4.69, 9.17) is 14.8 Å². The molecule has 0 saturated carbocycles. The van der Waals surface area contributed by atoms with Gasteiger partial charge in [0, 0.05) is 43.2 Å². The topological polar surface area (TPSA) is 79.9 Å². The average molecular weight is 428 g/mol. The molecular formula is C24H25N7O. The molecule has 5 rings (SSSR count). The van der Waals surface area contributed by atoms with Crippen LogP contribution in [-0.4, -0.2) is 52.1 Å². The third-order valence-electron chi connectivity index (χ3n) is 5.45. The predicted octanol–water partition coefficient (Wildman–Crippen LogP) is 3.64. The zero-order valence-corrected chi connectivity index (χ0v) is 18.0. The van der Waals surface area contributed by atoms with Crippen molar-refractivity contribution in [2.45, 2.75) is 13.3 Å². The van der Waals surface area contributed by atoms with Crippen LogP contribution in [0.3, 0.4) is 0 Å². The Morgan fingerprint density at radius 2 is 2.03 bits per heavy atom. The van der Waals surface area contributed by atoms with Crippen molar-refractivity contribution in [3.63, 3.8) is 0 Å². The molecule has 0 amide bonds. The van der Waals surface area contributed by atoms with Crippen LogP contribution >= 0.6 is 0 Å². The van der Waals surface area contributed by atoms with Crippen LogP contribution in [-0.2, 0) is 11.2 Å². The number of benzene rings is 1. The maximum atomic E-state index is 5.54. The summed E-state index contributed by atoms with van der Waals surface area (Å²) < 4.78 is 7.42. The molecule has 3 aromatic heterocycles. The summed E-state index contributed by atoms with van der Waals surface area (Å²) in [4.78, 5) is 11.2. The Hall–Kier alpha value is -3.78. The number of rotatable bonds is 6. The first-order valence-corrected chi connectivity index (χ1v) is 10.8. The summed E-state index contributed by atoms with van der Waals surface area (Å²) in [5, 5.41) is 9.24. The minimum absolute atomic E-state index is 0.666. The van der Waals surface area contributed by atoms with Gasteiger partial charge in [-0.1, -0.05) is 31.2 Å². The summed E-state index contributed by atoms with van der Waals surface area (Å²) in [5.41, 5.74) is 7.96. The smallest absolute Gasteiger partial charge is 0.160 e. The molecule has 1 aliphatic heterocycles. The zero-order valence-electron chi connectivity index (χ0n) is 18.0. The van der Waals surface area contributed by atoms with E-state index in [0.29, 0.717) is 19.0 Å². The quantitative estimate of drug-likeness (QED) is 0.374. The lowest BCUT2D eigenvalue weighted by molar-refractivity contribution is 0.122. The SMILES string of the molecule is CCc1cccc(/C=N/Nc2cc(N3CCOCC3)n3nc(-c4cccnc4)cc3n2)c1. The molecule has 8 heteroatoms. The highest BCUT2D eigenvalue weighted by molar-refractivity contribution is 5.80. The zero-order chi connectivity index (χ0) is 21.8. The van der Waals surface area contributed by atoms with Crippen LogP contribution in [0.5, 0.6) is 0 Å². The normalized spacial score (nSPS) is 14.3. The number of nitrogens with one attached hydrogen (secondary N) is 1. The van der Waals surface area contributed by atoms with Gasteiger partial charge in [0.25, 0.3) is 0 Å². The summed E-state index contributed by atoms with van der Waals surface area (Å²) in [7, 11) is 0. The molecule has 0 spiro atoms. The van der Waals surface area contributed by atoms with Crippen LogP contribution in [0.4, 0.5) is 11.6 Å². The van der Waals surface area contributed by atoms with Crippen molar-refractivity contribution in [3.8, 4) is 11.3 Å². The number of pyridine rings is 1. The van der Waals surface area contributed by atoms with Gasteiger partial charge in [-0.15, -0.1) is 0 Å². The standard InChI is InChI=1S/C24H25N7O/c1-2-18-5-3-6-19(13-18)16-26-28-22-15-24(30-9-11-32-12-10-30)31-23(27-22)14-21(29-31)20-7-4-8-25-17-20/h3-8,13-17H,2,9-12H2,1H3,(H,27,28)/b26-16+. The van der Waals surface area contributed by atoms with Crippen molar-refractivity contribution < 1.29 is 4.74 Å². The van der Waals surface area contributed by atoms with Gasteiger partial charge in [-0.2, -0.15) is 14.7 Å². The van der Waals surface area contributed by atoms with E-state index in [1.807, 2.05) is 53.3 Å². The fourth-order valence-electron chi connectivity index (χ4n) is 3.76. The third kappa shape index (κ3) is 4.31. The second-order valence-electron chi connectivity index (χ2n) is 7.61. The highest BCUT2D eigenvalue weighted by Gasteiger charge is 2.18. The minimum atomic E-state index is 0.666. The molecule has 0 atom stereocenters. The fourth-order valence-corrected chi connectivity index (χ4v) is 3.76. The number of nitrogens with zero attached hydrogens (tertiary/aromatic N) is 6. The number of hydrogen-bond donors (Lipinski definition) is 1. The lowest BCUT2D eigenvalue weighted by atomic mass is 10.1. The first kappa shape index (κ1) is 20.1. The fraction of sp³-hybridized carbons (Fsp3) is 0.250. The molecule has 32 heavy (non-hydrogen) atoms. The van der Waals surface area contributed by atoms with E-state index in [2.05, 4.69) is 39.5 Å². The van der Waals surface area contributed by atoms with Gasteiger partial charge in [0.2, 0.25) is 0 Å². The van der Waals surface area contributed by atoms with Gasteiger partial charge in [0.1, 0.15) is 5.82 Å². The highest BCUT2D eigenvalue weighted by atomic mass is 16.5. The number of anilines is 2. The Bertz CT molecular complexity index is 1230. The van der Waals surface area contributed by atoms with Gasteiger partial charge in [0.05, 0.1) is 25.1 Å². The van der Waals surface area contributed by atoms with Crippen LogP contribution in [0, 0.1) is 0 Å². The Labute approximate surface area is 186 Å². The molecule has 1 N–H and O–H groups in total. The molecule has 4 heterocycles. The van der Waals surface area contributed by atoms with Gasteiger partial charge >= 0.3 is 0 Å². The molecular weight excluding hydrogens is 402 g/mol. The minimum Gasteiger partial charge on any atom is -0.378 e. The van der Waals surface area contributed by atoms with Crippen LogP contribution in [0.2, 0.25) is 0 Å². The van der Waals surface area contributed by atoms with E-state index in [9.17, 15) is 0 Å². The van der Waals surface area contributed by atoms with Crippen molar-refractivity contribution >= 4 is 23.5 Å². The summed E-state index contributed by atoms with van der Waals surface area (Å²) >= 11 is 0. The Balaban J connectivity index is 1.48. The van der Waals surface area contributed by atoms with Crippen molar-refractivity contribution in [1.29, 1.82) is 0 Å². The number of hydrazone groups is 1. The maximum Gasteiger partial charge on any atom is 0.160 e. The Morgan fingerprint density at radius 1 is 1.12 bits per heavy atom. The van der Waals surface area contributed by atoms with Crippen molar-refractivity contribution in [2.75, 3.05) is 36.6 Å². The van der Waals surface area contributed by atoms with Crippen LogP contribution in [0.1, 0.15) is 18.1 Å². The monoisotopic (exact) mass is 427 g/mol. The number of morpholine rings is 1. The van der Waals surface area contributed by atoms with E-state index in [-0.39, 0.29) is 0 Å². The Kier molecular flexibility index (Phi) is 5.76. The predicted molar refractivity (Wildman–Crippen MR) is 126 cm³/mol. The number of aromatic nitrogens is 4. The van der Waals surface area contributed by atoms with E-state index < -0.39 is 0 Å². The molecule has 0 bridgehead atoms. The largest absolute Gasteiger partial charge is 0.378 e. The number of hydrogen-bond acceptors (Lipinski definition) is 7. The average Bonchev–Trinajstić information content (AvgIpc) is 3.29. The molecule has 4 aromatic rings. The first-order valence-electron chi connectivity index (χ1n) is 10.8. The lowest BCUT2D eigenvalue weighted by Gasteiger charge is -2.29. The van der Waals surface area contributed by atoms with Crippen LogP contribution < -0.4 is 10.3 Å². The summed E-state index contributed by atoms with van der Waals surface area (Å²) in [5.74, 6) is 1.62. The first-order chi connectivity index (χ1) is 15.8. The number of fused-ring (bicyclic) bond motifs is 1. The second kappa shape index (κ2) is 9.15. The number of aryl methyl sites for hydroxylation is 1. The van der Waals surface area contributed by atoms with E-state index in [1.165, 1.54) is 5.56 Å². The van der Waals surface area contributed by atoms with E-state index in [1.54, 1.807) is 6.20 Å². The van der Waals surface area contributed by atoms with Crippen LogP contribution in [0.15, 0.2) is 66.0 Å². The van der Waals surface area contributed by atoms with Crippen molar-refractivity contribution in [1.82, 2.24) is 19.6 Å². The maximum absolute atomic E-state index is 5.54. The molecule has 0 radical (unpaired) electrons. The van der Waals surface area contributed by atoms with Crippen LogP contribution in [0.25, 0.3) is 16.9 Å². The Morgan fingerprint density at radius 3 is 2.84 bits per heavy atom. The molecule has 1 aliphatic rings. The second-order valence-corrected chi connectivity index (χ2v) is 7.61. The van der Waals surface area contributed by atoms with Gasteiger partial charge < -0.3 is 9.64 Å². The van der Waals surface area contributed by atoms with Gasteiger partial charge in [-0.05, 0) is 29.7 Å². The summed E-state index contributed by atoms with van der Waals surface area (Å²) in [6, 6.07) is 16.2. The lowest BCUT2D eigenvalue weighted by Crippen LogP contribution is -2.37. The molecule has 1 aromatic carbocycles. The third-order valence-corrected chi connectivity index (χ3v) is 5.45. The van der Waals surface area contributed by atoms with Gasteiger partial charge in [-0.3, -0.25) is 10.4 Å². The molecule has 1 fully saturated rings. The van der Waals surface area contributed by atoms with Gasteiger partial charge in [-0.25, -0.2) is 4.98 Å². The molecule has 162 valence electrons. The molecule has 8 nitrogen and oxygen atoms in total. The van der Waals surface area contributed by atoms with E-state index >= 15 is 0 Å². The summed E-state index contributed by atoms with van der Waals surface area (Å²) in [6.07, 6.45) is 6.38. The van der Waals surface area contributed by atoms with E-state index in [0.717, 1.165) is 47.8 Å². The molecule has 1 saturated heterocycles. The van der Waals surface area contributed by atoms with Crippen molar-refractivity contribution in [3.05, 3.63) is 72.1 Å². The highest BCUT2D eigenvalue weighted by Crippen LogP contribution is 2.25. The van der Waals surface area contributed by atoms with Crippen molar-refractivity contribution in [2.24, 2.45) is 5.10 Å². The molecule has 0 unspecified atom stereocenters.